The number of ether oxygens (including phenoxy) is 1. The molecule has 3 aromatic rings. The lowest BCUT2D eigenvalue weighted by atomic mass is 10.1. The van der Waals surface area contributed by atoms with E-state index in [-0.39, 0.29) is 11.7 Å². The highest BCUT2D eigenvalue weighted by atomic mass is 79.9. The summed E-state index contributed by atoms with van der Waals surface area (Å²) in [5.74, 6) is 0.226. The summed E-state index contributed by atoms with van der Waals surface area (Å²) in [5, 5.41) is 17.7. The summed E-state index contributed by atoms with van der Waals surface area (Å²) < 4.78 is 6.93. The summed E-state index contributed by atoms with van der Waals surface area (Å²) in [6.07, 6.45) is 1.53. The van der Waals surface area contributed by atoms with E-state index in [1.54, 1.807) is 37.4 Å². The van der Waals surface area contributed by atoms with Crippen molar-refractivity contribution in [1.29, 1.82) is 0 Å². The summed E-state index contributed by atoms with van der Waals surface area (Å²) >= 11 is 3.12. The highest BCUT2D eigenvalue weighted by Crippen LogP contribution is 2.23. The number of methoxy groups -OCH3 is 1. The summed E-state index contributed by atoms with van der Waals surface area (Å²) in [7, 11) is 1.59. The van der Waals surface area contributed by atoms with Crippen LogP contribution in [0.5, 0.6) is 5.75 Å². The largest absolute Gasteiger partial charge is 0.497 e. The minimum atomic E-state index is -0.554. The fraction of sp³-hybridized carbons (Fsp3) is 0.158. The molecular formula is C19H17BrN4O4. The minimum Gasteiger partial charge on any atom is -0.497 e. The van der Waals surface area contributed by atoms with Gasteiger partial charge in [0.15, 0.2) is 0 Å². The standard InChI is InChI=1S/C19H17BrN4O4/c1-12-8-15(28-2)6-7-17(12)21-19(25)14-5-3-4-13(9-14)10-23-11-16(20)18(22-23)24(26)27/h3-9,11H,10H2,1-2H3,(H,21,25). The van der Waals surface area contributed by atoms with E-state index in [0.29, 0.717) is 22.3 Å². The molecule has 1 N–H and O–H groups in total. The Kier molecular flexibility index (Phi) is 5.74. The topological polar surface area (TPSA) is 99.3 Å². The number of amides is 1. The van der Waals surface area contributed by atoms with Crippen molar-refractivity contribution in [2.24, 2.45) is 0 Å². The lowest BCUT2D eigenvalue weighted by Gasteiger charge is -2.10. The SMILES string of the molecule is COc1ccc(NC(=O)c2cccc(Cn3cc(Br)c([N+](=O)[O-])n3)c2)c(C)c1. The third-order valence-corrected chi connectivity index (χ3v) is 4.65. The molecule has 0 aliphatic carbocycles. The van der Waals surface area contributed by atoms with E-state index in [1.165, 1.54) is 10.9 Å². The molecule has 28 heavy (non-hydrogen) atoms. The zero-order valence-corrected chi connectivity index (χ0v) is 16.8. The van der Waals surface area contributed by atoms with Gasteiger partial charge in [-0.15, -0.1) is 0 Å². The monoisotopic (exact) mass is 444 g/mol. The highest BCUT2D eigenvalue weighted by molar-refractivity contribution is 9.10. The van der Waals surface area contributed by atoms with Gasteiger partial charge in [0, 0.05) is 11.3 Å². The number of hydrogen-bond acceptors (Lipinski definition) is 5. The van der Waals surface area contributed by atoms with Crippen molar-refractivity contribution in [1.82, 2.24) is 9.78 Å². The van der Waals surface area contributed by atoms with Crippen molar-refractivity contribution < 1.29 is 14.5 Å². The van der Waals surface area contributed by atoms with Crippen molar-refractivity contribution >= 4 is 33.3 Å². The number of halogens is 1. The predicted molar refractivity (Wildman–Crippen MR) is 108 cm³/mol. The van der Waals surface area contributed by atoms with Crippen LogP contribution < -0.4 is 10.1 Å². The lowest BCUT2D eigenvalue weighted by Crippen LogP contribution is -2.13. The molecule has 0 aliphatic heterocycles. The number of nitrogens with zero attached hydrogens (tertiary/aromatic N) is 3. The Morgan fingerprint density at radius 3 is 2.75 bits per heavy atom. The van der Waals surface area contributed by atoms with Gasteiger partial charge in [0.2, 0.25) is 0 Å². The molecule has 0 bridgehead atoms. The van der Waals surface area contributed by atoms with Gasteiger partial charge in [-0.05, 0) is 69.2 Å². The Morgan fingerprint density at radius 2 is 2.11 bits per heavy atom. The van der Waals surface area contributed by atoms with Crippen LogP contribution in [-0.2, 0) is 6.54 Å². The average Bonchev–Trinajstić information content (AvgIpc) is 3.04. The van der Waals surface area contributed by atoms with Crippen LogP contribution in [0.3, 0.4) is 0 Å². The van der Waals surface area contributed by atoms with Gasteiger partial charge in [-0.3, -0.25) is 4.79 Å². The summed E-state index contributed by atoms with van der Waals surface area (Å²) in [5.41, 5.74) is 2.86. The Morgan fingerprint density at radius 1 is 1.32 bits per heavy atom. The number of nitrogens with one attached hydrogen (secondary N) is 1. The van der Waals surface area contributed by atoms with Crippen LogP contribution >= 0.6 is 15.9 Å². The van der Waals surface area contributed by atoms with Crippen LogP contribution in [0.25, 0.3) is 0 Å². The van der Waals surface area contributed by atoms with Gasteiger partial charge >= 0.3 is 5.82 Å². The van der Waals surface area contributed by atoms with Gasteiger partial charge in [0.05, 0.1) is 25.0 Å². The highest BCUT2D eigenvalue weighted by Gasteiger charge is 2.19. The van der Waals surface area contributed by atoms with Crippen molar-refractivity contribution in [3.8, 4) is 5.75 Å². The second kappa shape index (κ2) is 8.22. The van der Waals surface area contributed by atoms with Crippen LogP contribution in [0.4, 0.5) is 11.5 Å². The van der Waals surface area contributed by atoms with Crippen LogP contribution in [0, 0.1) is 17.0 Å². The maximum absolute atomic E-state index is 12.6. The normalized spacial score (nSPS) is 10.5. The number of aromatic nitrogens is 2. The molecule has 0 spiro atoms. The number of nitro groups is 1. The molecule has 0 fully saturated rings. The Bertz CT molecular complexity index is 1050. The molecule has 1 aromatic heterocycles. The fourth-order valence-electron chi connectivity index (χ4n) is 2.69. The maximum atomic E-state index is 12.6. The van der Waals surface area contributed by atoms with E-state index in [9.17, 15) is 14.9 Å². The number of aryl methyl sites for hydroxylation is 1. The van der Waals surface area contributed by atoms with Crippen molar-refractivity contribution in [2.75, 3.05) is 12.4 Å². The van der Waals surface area contributed by atoms with Gasteiger partial charge in [-0.1, -0.05) is 12.1 Å². The van der Waals surface area contributed by atoms with Gasteiger partial charge in [0.25, 0.3) is 5.91 Å². The van der Waals surface area contributed by atoms with E-state index in [4.69, 9.17) is 4.74 Å². The molecule has 2 aromatic carbocycles. The molecule has 3 rings (SSSR count). The van der Waals surface area contributed by atoms with Crippen molar-refractivity contribution in [3.05, 3.63) is 79.9 Å². The molecule has 0 aliphatic rings. The Hall–Kier alpha value is -3.20. The first kappa shape index (κ1) is 19.6. The quantitative estimate of drug-likeness (QED) is 0.454. The summed E-state index contributed by atoms with van der Waals surface area (Å²) in [6.45, 7) is 2.19. The first-order valence-corrected chi connectivity index (χ1v) is 9.09. The molecule has 0 saturated carbocycles. The Balaban J connectivity index is 1.76. The lowest BCUT2D eigenvalue weighted by molar-refractivity contribution is -0.390. The van der Waals surface area contributed by atoms with Crippen molar-refractivity contribution in [2.45, 2.75) is 13.5 Å². The number of carbonyl (C=O) groups is 1. The number of carbonyl (C=O) groups excluding carboxylic acids is 1. The molecule has 0 unspecified atom stereocenters. The third kappa shape index (κ3) is 4.37. The zero-order valence-electron chi connectivity index (χ0n) is 15.2. The third-order valence-electron chi connectivity index (χ3n) is 4.09. The average molecular weight is 445 g/mol. The number of anilines is 1. The number of benzene rings is 2. The predicted octanol–water partition coefficient (Wildman–Crippen LogP) is 4.17. The number of hydrogen-bond donors (Lipinski definition) is 1. The minimum absolute atomic E-state index is 0.246. The van der Waals surface area contributed by atoms with Gasteiger partial charge in [-0.25, -0.2) is 0 Å². The molecule has 8 nitrogen and oxygen atoms in total. The molecular weight excluding hydrogens is 428 g/mol. The van der Waals surface area contributed by atoms with Crippen LogP contribution in [0.1, 0.15) is 21.5 Å². The van der Waals surface area contributed by atoms with E-state index < -0.39 is 4.92 Å². The molecule has 144 valence electrons. The molecule has 0 atom stereocenters. The van der Waals surface area contributed by atoms with Gasteiger partial charge in [0.1, 0.15) is 10.2 Å². The maximum Gasteiger partial charge on any atom is 0.404 e. The molecule has 9 heteroatoms. The van der Waals surface area contributed by atoms with E-state index >= 15 is 0 Å². The van der Waals surface area contributed by atoms with E-state index in [2.05, 4.69) is 26.3 Å². The molecule has 1 heterocycles. The van der Waals surface area contributed by atoms with Gasteiger partial charge in [-0.2, -0.15) is 4.68 Å². The second-order valence-electron chi connectivity index (χ2n) is 6.09. The zero-order chi connectivity index (χ0) is 20.3. The molecule has 0 saturated heterocycles. The van der Waals surface area contributed by atoms with Crippen LogP contribution in [0.2, 0.25) is 0 Å². The van der Waals surface area contributed by atoms with E-state index in [1.807, 2.05) is 19.1 Å². The van der Waals surface area contributed by atoms with Gasteiger partial charge < -0.3 is 20.2 Å². The first-order valence-electron chi connectivity index (χ1n) is 8.29. The summed E-state index contributed by atoms with van der Waals surface area (Å²) in [6, 6.07) is 12.4. The first-order chi connectivity index (χ1) is 13.4. The fourth-order valence-corrected chi connectivity index (χ4v) is 3.15. The second-order valence-corrected chi connectivity index (χ2v) is 6.95. The summed E-state index contributed by atoms with van der Waals surface area (Å²) in [4.78, 5) is 23.0. The smallest absolute Gasteiger partial charge is 0.404 e. The van der Waals surface area contributed by atoms with Crippen LogP contribution in [-0.4, -0.2) is 27.7 Å². The molecule has 1 amide bonds. The van der Waals surface area contributed by atoms with Crippen LogP contribution in [0.15, 0.2) is 53.1 Å². The molecule has 0 radical (unpaired) electrons. The van der Waals surface area contributed by atoms with E-state index in [0.717, 1.165) is 16.9 Å². The van der Waals surface area contributed by atoms with Crippen molar-refractivity contribution in [3.63, 3.8) is 0 Å². The Labute approximate surface area is 169 Å². The number of rotatable bonds is 6.